The molecule has 1 aliphatic rings. The van der Waals surface area contributed by atoms with Crippen LogP contribution in [0.25, 0.3) is 0 Å². The van der Waals surface area contributed by atoms with E-state index in [1.165, 1.54) is 20.6 Å². The second-order valence-electron chi connectivity index (χ2n) is 5.04. The van der Waals surface area contributed by atoms with Crippen LogP contribution in [-0.4, -0.2) is 37.6 Å². The number of benzene rings is 1. The van der Waals surface area contributed by atoms with Crippen LogP contribution in [0.4, 0.5) is 0 Å². The Bertz CT molecular complexity index is 504. The van der Waals surface area contributed by atoms with E-state index in [2.05, 4.69) is 6.92 Å². The van der Waals surface area contributed by atoms with Gasteiger partial charge in [-0.15, -0.1) is 0 Å². The molecule has 20 heavy (non-hydrogen) atoms. The Labute approximate surface area is 124 Å². The van der Waals surface area contributed by atoms with Crippen molar-refractivity contribution in [3.05, 3.63) is 22.7 Å². The maximum absolute atomic E-state index is 12.6. The lowest BCUT2D eigenvalue weighted by Crippen LogP contribution is -2.42. The molecule has 1 aromatic carbocycles. The van der Waals surface area contributed by atoms with Crippen LogP contribution >= 0.6 is 11.6 Å². The molecular weight excluding hydrogens is 278 g/mol. The van der Waals surface area contributed by atoms with Crippen molar-refractivity contribution in [3.8, 4) is 11.5 Å². The van der Waals surface area contributed by atoms with E-state index < -0.39 is 0 Å². The number of hydrogen-bond donors (Lipinski definition) is 0. The molecule has 1 fully saturated rings. The van der Waals surface area contributed by atoms with Crippen molar-refractivity contribution in [2.75, 3.05) is 20.8 Å². The van der Waals surface area contributed by atoms with Gasteiger partial charge in [0.2, 0.25) is 0 Å². The number of carbonyl (C=O) groups excluding carboxylic acids is 1. The molecule has 0 saturated carbocycles. The Morgan fingerprint density at radius 2 is 2.05 bits per heavy atom. The summed E-state index contributed by atoms with van der Waals surface area (Å²) in [7, 11) is 3.06. The molecule has 1 aromatic rings. The second kappa shape index (κ2) is 6.35. The Kier molecular flexibility index (Phi) is 4.76. The van der Waals surface area contributed by atoms with Crippen molar-refractivity contribution in [1.29, 1.82) is 0 Å². The van der Waals surface area contributed by atoms with Gasteiger partial charge in [-0.2, -0.15) is 0 Å². The van der Waals surface area contributed by atoms with E-state index in [9.17, 15) is 4.79 Å². The first-order valence-electron chi connectivity index (χ1n) is 6.81. The average Bonchev–Trinajstić information content (AvgIpc) is 2.46. The van der Waals surface area contributed by atoms with Gasteiger partial charge in [0, 0.05) is 18.2 Å². The molecule has 1 aliphatic heterocycles. The molecule has 0 aromatic heterocycles. The predicted octanol–water partition coefficient (Wildman–Crippen LogP) is 3.37. The monoisotopic (exact) mass is 297 g/mol. The zero-order valence-corrected chi connectivity index (χ0v) is 12.9. The normalized spacial score (nSPS) is 18.8. The van der Waals surface area contributed by atoms with Crippen molar-refractivity contribution in [3.63, 3.8) is 0 Å². The fraction of sp³-hybridized carbons (Fsp3) is 0.533. The summed E-state index contributed by atoms with van der Waals surface area (Å²) in [5.74, 6) is 0.936. The molecule has 1 saturated heterocycles. The quantitative estimate of drug-likeness (QED) is 0.858. The first-order valence-corrected chi connectivity index (χ1v) is 7.18. The highest BCUT2D eigenvalue weighted by Gasteiger charge is 2.25. The molecule has 0 radical (unpaired) electrons. The van der Waals surface area contributed by atoms with Crippen LogP contribution in [-0.2, 0) is 0 Å². The van der Waals surface area contributed by atoms with E-state index in [-0.39, 0.29) is 11.9 Å². The first-order chi connectivity index (χ1) is 9.58. The van der Waals surface area contributed by atoms with E-state index in [0.717, 1.165) is 19.4 Å². The van der Waals surface area contributed by atoms with Gasteiger partial charge >= 0.3 is 0 Å². The summed E-state index contributed by atoms with van der Waals surface area (Å²) in [5.41, 5.74) is 0.543. The van der Waals surface area contributed by atoms with Crippen molar-refractivity contribution in [2.24, 2.45) is 0 Å². The van der Waals surface area contributed by atoms with Gasteiger partial charge in [0.05, 0.1) is 19.2 Å². The third kappa shape index (κ3) is 2.85. The molecule has 1 amide bonds. The van der Waals surface area contributed by atoms with E-state index >= 15 is 0 Å². The third-order valence-corrected chi connectivity index (χ3v) is 4.03. The summed E-state index contributed by atoms with van der Waals surface area (Å²) in [6, 6.07) is 3.60. The van der Waals surface area contributed by atoms with Crippen molar-refractivity contribution < 1.29 is 14.3 Å². The highest BCUT2D eigenvalue weighted by molar-refractivity contribution is 6.32. The van der Waals surface area contributed by atoms with Crippen molar-refractivity contribution in [2.45, 2.75) is 32.2 Å². The lowest BCUT2D eigenvalue weighted by molar-refractivity contribution is 0.0635. The largest absolute Gasteiger partial charge is 0.493 e. The van der Waals surface area contributed by atoms with Crippen molar-refractivity contribution in [1.82, 2.24) is 4.90 Å². The zero-order valence-electron chi connectivity index (χ0n) is 12.1. The van der Waals surface area contributed by atoms with Gasteiger partial charge in [-0.05, 0) is 38.3 Å². The molecule has 110 valence electrons. The van der Waals surface area contributed by atoms with E-state index in [1.54, 1.807) is 12.1 Å². The molecule has 0 aliphatic carbocycles. The highest BCUT2D eigenvalue weighted by Crippen LogP contribution is 2.36. The number of ether oxygens (including phenoxy) is 2. The third-order valence-electron chi connectivity index (χ3n) is 3.74. The van der Waals surface area contributed by atoms with Crippen LogP contribution in [0.2, 0.25) is 5.02 Å². The Morgan fingerprint density at radius 3 is 2.65 bits per heavy atom. The van der Waals surface area contributed by atoms with Crippen LogP contribution in [0.1, 0.15) is 36.5 Å². The molecule has 1 atom stereocenters. The van der Waals surface area contributed by atoms with Gasteiger partial charge < -0.3 is 14.4 Å². The zero-order chi connectivity index (χ0) is 14.7. The summed E-state index contributed by atoms with van der Waals surface area (Å²) in [5, 5.41) is 0.389. The SMILES string of the molecule is COc1cc(C(=O)N2CCCCC2C)cc(Cl)c1OC. The topological polar surface area (TPSA) is 38.8 Å². The summed E-state index contributed by atoms with van der Waals surface area (Å²) in [6.45, 7) is 2.88. The van der Waals surface area contributed by atoms with Crippen LogP contribution in [0.5, 0.6) is 11.5 Å². The molecule has 1 heterocycles. The smallest absolute Gasteiger partial charge is 0.254 e. The first kappa shape index (κ1) is 15.0. The number of nitrogens with zero attached hydrogens (tertiary/aromatic N) is 1. The van der Waals surface area contributed by atoms with E-state index in [0.29, 0.717) is 22.1 Å². The Morgan fingerprint density at radius 1 is 1.30 bits per heavy atom. The molecule has 4 nitrogen and oxygen atoms in total. The molecule has 1 unspecified atom stereocenters. The molecular formula is C15H20ClNO3. The fourth-order valence-corrected chi connectivity index (χ4v) is 2.89. The van der Waals surface area contributed by atoms with Gasteiger partial charge in [-0.3, -0.25) is 4.79 Å². The molecule has 2 rings (SSSR count). The molecule has 5 heteroatoms. The van der Waals surface area contributed by atoms with Crippen LogP contribution in [0, 0.1) is 0 Å². The van der Waals surface area contributed by atoms with Gasteiger partial charge in [0.1, 0.15) is 0 Å². The number of rotatable bonds is 3. The predicted molar refractivity (Wildman–Crippen MR) is 78.9 cm³/mol. The number of likely N-dealkylation sites (tertiary alicyclic amines) is 1. The minimum absolute atomic E-state index is 0.0000491. The van der Waals surface area contributed by atoms with Crippen LogP contribution < -0.4 is 9.47 Å². The van der Waals surface area contributed by atoms with Gasteiger partial charge in [0.25, 0.3) is 5.91 Å². The summed E-state index contributed by atoms with van der Waals surface area (Å²) < 4.78 is 10.4. The van der Waals surface area contributed by atoms with E-state index in [4.69, 9.17) is 21.1 Å². The number of piperidine rings is 1. The number of carbonyl (C=O) groups is 1. The molecule has 0 spiro atoms. The Balaban J connectivity index is 2.32. The second-order valence-corrected chi connectivity index (χ2v) is 5.44. The molecule has 0 bridgehead atoms. The maximum Gasteiger partial charge on any atom is 0.254 e. The summed E-state index contributed by atoms with van der Waals surface area (Å²) in [4.78, 5) is 14.5. The fourth-order valence-electron chi connectivity index (χ4n) is 2.61. The number of amides is 1. The number of hydrogen-bond acceptors (Lipinski definition) is 3. The van der Waals surface area contributed by atoms with Crippen LogP contribution in [0.15, 0.2) is 12.1 Å². The summed E-state index contributed by atoms with van der Waals surface area (Å²) in [6.07, 6.45) is 3.28. The van der Waals surface area contributed by atoms with Crippen LogP contribution in [0.3, 0.4) is 0 Å². The van der Waals surface area contributed by atoms with Gasteiger partial charge in [-0.1, -0.05) is 11.6 Å². The maximum atomic E-state index is 12.6. The standard InChI is InChI=1S/C15H20ClNO3/c1-10-6-4-5-7-17(10)15(18)11-8-12(16)14(20-3)13(9-11)19-2/h8-10H,4-7H2,1-3H3. The number of halogens is 1. The van der Waals surface area contributed by atoms with Gasteiger partial charge in [-0.25, -0.2) is 0 Å². The van der Waals surface area contributed by atoms with E-state index in [1.807, 2.05) is 4.90 Å². The average molecular weight is 298 g/mol. The highest BCUT2D eigenvalue weighted by atomic mass is 35.5. The number of methoxy groups -OCH3 is 2. The van der Waals surface area contributed by atoms with Gasteiger partial charge in [0.15, 0.2) is 11.5 Å². The minimum atomic E-state index is 0.0000491. The van der Waals surface area contributed by atoms with Crippen molar-refractivity contribution >= 4 is 17.5 Å². The Hall–Kier alpha value is -1.42. The lowest BCUT2D eigenvalue weighted by Gasteiger charge is -2.33. The lowest BCUT2D eigenvalue weighted by atomic mass is 10.0. The summed E-state index contributed by atoms with van der Waals surface area (Å²) >= 11 is 6.16. The minimum Gasteiger partial charge on any atom is -0.493 e. The molecule has 0 N–H and O–H groups in total.